The van der Waals surface area contributed by atoms with Crippen LogP contribution in [0.2, 0.25) is 5.02 Å². The van der Waals surface area contributed by atoms with Gasteiger partial charge in [0, 0.05) is 18.7 Å². The van der Waals surface area contributed by atoms with Crippen LogP contribution in [0.3, 0.4) is 0 Å². The Labute approximate surface area is 125 Å². The molecule has 2 N–H and O–H groups in total. The van der Waals surface area contributed by atoms with Crippen molar-refractivity contribution in [3.63, 3.8) is 0 Å². The van der Waals surface area contributed by atoms with Crippen LogP contribution in [0.15, 0.2) is 36.4 Å². The number of non-ortho nitro benzene ring substituents is 1. The fraction of sp³-hybridized carbons (Fsp3) is 0.0714. The summed E-state index contributed by atoms with van der Waals surface area (Å²) in [6, 6.07) is 10.7. The zero-order valence-electron chi connectivity index (χ0n) is 10.7. The largest absolute Gasteiger partial charge is 0.506 e. The molecule has 0 aliphatic carbocycles. The lowest BCUT2D eigenvalue weighted by Crippen LogP contribution is -2.02. The van der Waals surface area contributed by atoms with Gasteiger partial charge in [0.1, 0.15) is 11.8 Å². The van der Waals surface area contributed by atoms with Crippen molar-refractivity contribution in [3.05, 3.63) is 62.7 Å². The van der Waals surface area contributed by atoms with Crippen molar-refractivity contribution in [2.45, 2.75) is 6.54 Å². The number of halogens is 1. The summed E-state index contributed by atoms with van der Waals surface area (Å²) >= 11 is 5.80. The minimum absolute atomic E-state index is 0.00605. The van der Waals surface area contributed by atoms with E-state index in [1.54, 1.807) is 12.1 Å². The Morgan fingerprint density at radius 2 is 2.10 bits per heavy atom. The maximum atomic E-state index is 10.7. The Hall–Kier alpha value is -2.78. The summed E-state index contributed by atoms with van der Waals surface area (Å²) in [5, 5.41) is 32.3. The van der Waals surface area contributed by atoms with Crippen LogP contribution >= 0.6 is 11.6 Å². The van der Waals surface area contributed by atoms with Crippen LogP contribution in [0.4, 0.5) is 11.4 Å². The highest BCUT2D eigenvalue weighted by Crippen LogP contribution is 2.25. The second kappa shape index (κ2) is 6.11. The first-order valence-corrected chi connectivity index (χ1v) is 6.29. The van der Waals surface area contributed by atoms with Crippen LogP contribution in [0.25, 0.3) is 0 Å². The van der Waals surface area contributed by atoms with Gasteiger partial charge in [0.25, 0.3) is 5.69 Å². The van der Waals surface area contributed by atoms with Gasteiger partial charge in [0.15, 0.2) is 0 Å². The zero-order valence-corrected chi connectivity index (χ0v) is 11.5. The van der Waals surface area contributed by atoms with E-state index in [0.717, 1.165) is 5.56 Å². The molecule has 0 aliphatic rings. The van der Waals surface area contributed by atoms with Gasteiger partial charge >= 0.3 is 0 Å². The average Bonchev–Trinajstić information content (AvgIpc) is 2.48. The molecule has 0 aliphatic heterocycles. The van der Waals surface area contributed by atoms with E-state index in [9.17, 15) is 15.2 Å². The van der Waals surface area contributed by atoms with Gasteiger partial charge in [-0.2, -0.15) is 5.26 Å². The minimum atomic E-state index is -0.551. The van der Waals surface area contributed by atoms with Gasteiger partial charge in [-0.1, -0.05) is 17.7 Å². The number of benzene rings is 2. The third kappa shape index (κ3) is 3.41. The van der Waals surface area contributed by atoms with Crippen molar-refractivity contribution in [2.75, 3.05) is 5.32 Å². The highest BCUT2D eigenvalue weighted by molar-refractivity contribution is 6.32. The number of nitrogens with one attached hydrogen (secondary N) is 1. The SMILES string of the molecule is N#Cc1cc([N+](=O)[O-])ccc1NCc1ccc(O)c(Cl)c1. The van der Waals surface area contributed by atoms with Crippen LogP contribution in [-0.4, -0.2) is 10.0 Å². The van der Waals surface area contributed by atoms with Crippen molar-refractivity contribution < 1.29 is 10.0 Å². The number of hydrogen-bond donors (Lipinski definition) is 2. The molecule has 0 amide bonds. The standard InChI is InChI=1S/C14H10ClN3O3/c15-12-5-9(1-4-14(12)19)8-17-13-3-2-11(18(20)21)6-10(13)7-16/h1-6,17,19H,8H2. The summed E-state index contributed by atoms with van der Waals surface area (Å²) in [6.07, 6.45) is 0. The highest BCUT2D eigenvalue weighted by Gasteiger charge is 2.10. The summed E-state index contributed by atoms with van der Waals surface area (Å²) in [4.78, 5) is 10.1. The Balaban J connectivity index is 2.18. The molecule has 0 spiro atoms. The number of nitriles is 1. The van der Waals surface area contributed by atoms with E-state index in [4.69, 9.17) is 16.9 Å². The van der Waals surface area contributed by atoms with Gasteiger partial charge in [-0.3, -0.25) is 10.1 Å². The van der Waals surface area contributed by atoms with E-state index < -0.39 is 4.92 Å². The van der Waals surface area contributed by atoms with Crippen molar-refractivity contribution in [3.8, 4) is 11.8 Å². The van der Waals surface area contributed by atoms with E-state index in [0.29, 0.717) is 12.2 Å². The number of rotatable bonds is 4. The Kier molecular flexibility index (Phi) is 4.26. The fourth-order valence-electron chi connectivity index (χ4n) is 1.75. The maximum absolute atomic E-state index is 10.7. The molecular weight excluding hydrogens is 294 g/mol. The van der Waals surface area contributed by atoms with Gasteiger partial charge in [-0.15, -0.1) is 0 Å². The molecule has 0 heterocycles. The highest BCUT2D eigenvalue weighted by atomic mass is 35.5. The number of phenolic OH excluding ortho intramolecular Hbond substituents is 1. The number of nitro benzene ring substituents is 1. The number of aromatic hydroxyl groups is 1. The lowest BCUT2D eigenvalue weighted by Gasteiger charge is -2.09. The second-order valence-corrected chi connectivity index (χ2v) is 4.65. The smallest absolute Gasteiger partial charge is 0.270 e. The van der Waals surface area contributed by atoms with Crippen LogP contribution in [-0.2, 0) is 6.54 Å². The predicted molar refractivity (Wildman–Crippen MR) is 78.3 cm³/mol. The van der Waals surface area contributed by atoms with Crippen LogP contribution in [0.5, 0.6) is 5.75 Å². The normalized spacial score (nSPS) is 9.90. The first kappa shape index (κ1) is 14.6. The maximum Gasteiger partial charge on any atom is 0.270 e. The van der Waals surface area contributed by atoms with Crippen molar-refractivity contribution in [1.29, 1.82) is 5.26 Å². The van der Waals surface area contributed by atoms with Crippen molar-refractivity contribution >= 4 is 23.0 Å². The van der Waals surface area contributed by atoms with Gasteiger partial charge in [0.2, 0.25) is 0 Å². The molecule has 7 heteroatoms. The first-order valence-electron chi connectivity index (χ1n) is 5.91. The first-order chi connectivity index (χ1) is 10.0. The zero-order chi connectivity index (χ0) is 15.4. The molecule has 0 saturated carbocycles. The van der Waals surface area contributed by atoms with E-state index >= 15 is 0 Å². The van der Waals surface area contributed by atoms with Crippen LogP contribution in [0, 0.1) is 21.4 Å². The monoisotopic (exact) mass is 303 g/mol. The number of phenols is 1. The average molecular weight is 304 g/mol. The topological polar surface area (TPSA) is 99.2 Å². The molecule has 0 bridgehead atoms. The molecule has 0 fully saturated rings. The lowest BCUT2D eigenvalue weighted by atomic mass is 10.1. The summed E-state index contributed by atoms with van der Waals surface area (Å²) in [5.41, 5.74) is 1.35. The summed E-state index contributed by atoms with van der Waals surface area (Å²) in [5.74, 6) is -0.00605. The molecule has 0 radical (unpaired) electrons. The van der Waals surface area contributed by atoms with E-state index in [1.165, 1.54) is 24.3 Å². The van der Waals surface area contributed by atoms with Gasteiger partial charge < -0.3 is 10.4 Å². The molecule has 2 rings (SSSR count). The van der Waals surface area contributed by atoms with Crippen molar-refractivity contribution in [2.24, 2.45) is 0 Å². The number of hydrogen-bond acceptors (Lipinski definition) is 5. The Morgan fingerprint density at radius 3 is 2.71 bits per heavy atom. The summed E-state index contributed by atoms with van der Waals surface area (Å²) in [6.45, 7) is 0.368. The van der Waals surface area contributed by atoms with Gasteiger partial charge in [0.05, 0.1) is 21.2 Å². The van der Waals surface area contributed by atoms with Crippen LogP contribution < -0.4 is 5.32 Å². The number of nitrogens with zero attached hydrogens (tertiary/aromatic N) is 2. The molecular formula is C14H10ClN3O3. The molecule has 0 atom stereocenters. The molecule has 21 heavy (non-hydrogen) atoms. The third-order valence-corrected chi connectivity index (χ3v) is 3.13. The Bertz CT molecular complexity index is 741. The molecule has 6 nitrogen and oxygen atoms in total. The van der Waals surface area contributed by atoms with E-state index in [-0.39, 0.29) is 22.0 Å². The molecule has 2 aromatic rings. The van der Waals surface area contributed by atoms with Crippen LogP contribution in [0.1, 0.15) is 11.1 Å². The van der Waals surface area contributed by atoms with E-state index in [2.05, 4.69) is 5.32 Å². The molecule has 0 aromatic heterocycles. The molecule has 2 aromatic carbocycles. The summed E-state index contributed by atoms with van der Waals surface area (Å²) < 4.78 is 0. The summed E-state index contributed by atoms with van der Waals surface area (Å²) in [7, 11) is 0. The minimum Gasteiger partial charge on any atom is -0.506 e. The van der Waals surface area contributed by atoms with Gasteiger partial charge in [-0.05, 0) is 23.8 Å². The predicted octanol–water partition coefficient (Wildman–Crippen LogP) is 3.44. The van der Waals surface area contributed by atoms with Gasteiger partial charge in [-0.25, -0.2) is 0 Å². The van der Waals surface area contributed by atoms with E-state index in [1.807, 2.05) is 6.07 Å². The lowest BCUT2D eigenvalue weighted by molar-refractivity contribution is -0.384. The number of nitro groups is 1. The molecule has 0 unspecified atom stereocenters. The van der Waals surface area contributed by atoms with Crippen molar-refractivity contribution in [1.82, 2.24) is 0 Å². The second-order valence-electron chi connectivity index (χ2n) is 4.24. The fourth-order valence-corrected chi connectivity index (χ4v) is 1.95. The number of anilines is 1. The third-order valence-electron chi connectivity index (χ3n) is 2.83. The molecule has 106 valence electrons. The Morgan fingerprint density at radius 1 is 1.33 bits per heavy atom. The molecule has 0 saturated heterocycles. The quantitative estimate of drug-likeness (QED) is 0.666.